The van der Waals surface area contributed by atoms with Crippen LogP contribution in [0.5, 0.6) is 0 Å². The fourth-order valence-electron chi connectivity index (χ4n) is 2.50. The molecule has 0 aromatic rings. The van der Waals surface area contributed by atoms with Gasteiger partial charge < -0.3 is 20.4 Å². The molecule has 4 atom stereocenters. The minimum absolute atomic E-state index is 0.0661. The van der Waals surface area contributed by atoms with Gasteiger partial charge in [0.1, 0.15) is 0 Å². The van der Waals surface area contributed by atoms with Gasteiger partial charge in [0, 0.05) is 0 Å². The zero-order valence-electron chi connectivity index (χ0n) is 9.19. The van der Waals surface area contributed by atoms with Crippen LogP contribution in [0, 0.1) is 23.7 Å². The number of allylic oxidation sites excluding steroid dienone is 2. The number of hydrogen-bond acceptors (Lipinski definition) is 4. The molecule has 6 heteroatoms. The monoisotopic (exact) mass is 244 g/mol. The van der Waals surface area contributed by atoms with Crippen molar-refractivity contribution in [3.05, 3.63) is 12.2 Å². The highest BCUT2D eigenvalue weighted by atomic mass is 16.4. The summed E-state index contributed by atoms with van der Waals surface area (Å²) in [5, 5.41) is 33.0. The summed E-state index contributed by atoms with van der Waals surface area (Å²) in [6.07, 6.45) is 4.36. The molecule has 0 spiro atoms. The second-order valence-corrected chi connectivity index (χ2v) is 4.12. The Morgan fingerprint density at radius 3 is 1.53 bits per heavy atom. The van der Waals surface area contributed by atoms with Crippen molar-refractivity contribution >= 4 is 11.9 Å². The van der Waals surface area contributed by atoms with E-state index < -0.39 is 23.8 Å². The molecule has 0 saturated heterocycles. The van der Waals surface area contributed by atoms with Gasteiger partial charge in [-0.3, -0.25) is 9.59 Å². The third kappa shape index (κ3) is 2.83. The van der Waals surface area contributed by atoms with Crippen LogP contribution in [0.2, 0.25) is 0 Å². The van der Waals surface area contributed by atoms with E-state index in [0.29, 0.717) is 6.42 Å². The van der Waals surface area contributed by atoms with Crippen LogP contribution in [-0.2, 0) is 9.59 Å². The lowest BCUT2D eigenvalue weighted by molar-refractivity contribution is -0.154. The maximum Gasteiger partial charge on any atom is 0.307 e. The molecular formula is C11H16O6. The van der Waals surface area contributed by atoms with E-state index in [-0.39, 0.29) is 25.0 Å². The highest BCUT2D eigenvalue weighted by Gasteiger charge is 2.51. The molecule has 2 rings (SSSR count). The summed E-state index contributed by atoms with van der Waals surface area (Å²) < 4.78 is 0. The molecule has 0 amide bonds. The lowest BCUT2D eigenvalue weighted by Gasteiger charge is -2.20. The van der Waals surface area contributed by atoms with E-state index in [1.54, 1.807) is 0 Å². The van der Waals surface area contributed by atoms with Crippen LogP contribution in [0.25, 0.3) is 0 Å². The first-order chi connectivity index (χ1) is 8.02. The van der Waals surface area contributed by atoms with Gasteiger partial charge in [-0.2, -0.15) is 0 Å². The number of hydrogen-bond donors (Lipinski definition) is 4. The van der Waals surface area contributed by atoms with E-state index in [2.05, 4.69) is 0 Å². The van der Waals surface area contributed by atoms with Crippen molar-refractivity contribution in [2.75, 3.05) is 13.2 Å². The quantitative estimate of drug-likeness (QED) is 0.500. The Kier molecular flexibility index (Phi) is 4.65. The van der Waals surface area contributed by atoms with Crippen molar-refractivity contribution in [1.29, 1.82) is 0 Å². The SMILES string of the molecule is O=C(O)C1C2C=CC(C2)C1C(=O)O.OCCO. The van der Waals surface area contributed by atoms with Crippen molar-refractivity contribution in [1.82, 2.24) is 0 Å². The van der Waals surface area contributed by atoms with Crippen molar-refractivity contribution in [3.8, 4) is 0 Å². The number of carboxylic acid groups (broad SMARTS) is 2. The Hall–Kier alpha value is -1.40. The van der Waals surface area contributed by atoms with Crippen LogP contribution >= 0.6 is 0 Å². The molecule has 4 unspecified atom stereocenters. The first-order valence-corrected chi connectivity index (χ1v) is 5.38. The maximum absolute atomic E-state index is 10.8. The minimum Gasteiger partial charge on any atom is -0.481 e. The van der Waals surface area contributed by atoms with Crippen molar-refractivity contribution in [2.24, 2.45) is 23.7 Å². The van der Waals surface area contributed by atoms with E-state index in [9.17, 15) is 9.59 Å². The average Bonchev–Trinajstić information content (AvgIpc) is 2.88. The van der Waals surface area contributed by atoms with Crippen LogP contribution < -0.4 is 0 Å². The van der Waals surface area contributed by atoms with Gasteiger partial charge in [-0.05, 0) is 18.3 Å². The summed E-state index contributed by atoms with van der Waals surface area (Å²) >= 11 is 0. The molecule has 0 aliphatic heterocycles. The second-order valence-electron chi connectivity index (χ2n) is 4.12. The Morgan fingerprint density at radius 2 is 1.29 bits per heavy atom. The fourth-order valence-corrected chi connectivity index (χ4v) is 2.50. The van der Waals surface area contributed by atoms with E-state index in [1.807, 2.05) is 12.2 Å². The van der Waals surface area contributed by atoms with Gasteiger partial charge >= 0.3 is 11.9 Å². The molecule has 2 bridgehead atoms. The number of carbonyl (C=O) groups is 2. The summed E-state index contributed by atoms with van der Waals surface area (Å²) in [7, 11) is 0. The zero-order valence-corrected chi connectivity index (χ0v) is 9.19. The molecule has 96 valence electrons. The molecular weight excluding hydrogens is 228 g/mol. The molecule has 0 radical (unpaired) electrons. The molecule has 0 aromatic carbocycles. The van der Waals surface area contributed by atoms with Crippen LogP contribution in [-0.4, -0.2) is 45.6 Å². The molecule has 1 fully saturated rings. The molecule has 4 N–H and O–H groups in total. The van der Waals surface area contributed by atoms with Gasteiger partial charge in [-0.25, -0.2) is 0 Å². The number of fused-ring (bicyclic) bond motifs is 2. The predicted molar refractivity (Wildman–Crippen MR) is 57.2 cm³/mol. The summed E-state index contributed by atoms with van der Waals surface area (Å²) in [5.74, 6) is -3.53. The van der Waals surface area contributed by atoms with Gasteiger partial charge in [-0.15, -0.1) is 0 Å². The molecule has 2 aliphatic carbocycles. The lowest BCUT2D eigenvalue weighted by Crippen LogP contribution is -2.32. The number of aliphatic hydroxyl groups is 2. The second kappa shape index (κ2) is 5.79. The van der Waals surface area contributed by atoms with Gasteiger partial charge in [0.15, 0.2) is 0 Å². The number of carboxylic acids is 2. The topological polar surface area (TPSA) is 115 Å². The average molecular weight is 244 g/mol. The van der Waals surface area contributed by atoms with Gasteiger partial charge in [0.25, 0.3) is 0 Å². The van der Waals surface area contributed by atoms with Crippen molar-refractivity contribution in [3.63, 3.8) is 0 Å². The molecule has 1 saturated carbocycles. The lowest BCUT2D eigenvalue weighted by atomic mass is 9.83. The summed E-state index contributed by atoms with van der Waals surface area (Å²) in [6.45, 7) is -0.250. The third-order valence-corrected chi connectivity index (χ3v) is 3.13. The summed E-state index contributed by atoms with van der Waals surface area (Å²) in [5.41, 5.74) is 0. The molecule has 17 heavy (non-hydrogen) atoms. The summed E-state index contributed by atoms with van der Waals surface area (Å²) in [4.78, 5) is 21.6. The smallest absolute Gasteiger partial charge is 0.307 e. The first-order valence-electron chi connectivity index (χ1n) is 5.38. The molecule has 0 aromatic heterocycles. The Balaban J connectivity index is 0.000000317. The fraction of sp³-hybridized carbons (Fsp3) is 0.636. The normalized spacial score (nSPS) is 33.1. The number of aliphatic hydroxyl groups excluding tert-OH is 2. The van der Waals surface area contributed by atoms with Gasteiger partial charge in [0.2, 0.25) is 0 Å². The zero-order chi connectivity index (χ0) is 13.0. The third-order valence-electron chi connectivity index (χ3n) is 3.13. The van der Waals surface area contributed by atoms with E-state index >= 15 is 0 Å². The summed E-state index contributed by atoms with van der Waals surface area (Å²) in [6, 6.07) is 0. The van der Waals surface area contributed by atoms with Crippen LogP contribution in [0.15, 0.2) is 12.2 Å². The van der Waals surface area contributed by atoms with Crippen molar-refractivity contribution < 1.29 is 30.0 Å². The largest absolute Gasteiger partial charge is 0.481 e. The Labute approximate surface area is 98.2 Å². The minimum atomic E-state index is -0.982. The highest BCUT2D eigenvalue weighted by molar-refractivity contribution is 5.82. The predicted octanol–water partition coefficient (Wildman–Crippen LogP) is -0.435. The molecule has 6 nitrogen and oxygen atoms in total. The standard InChI is InChI=1S/C9H10O4.C2H6O2/c10-8(11)6-4-1-2-5(3-4)7(6)9(12)13;3-1-2-4/h1-2,4-7H,3H2,(H,10,11)(H,12,13);3-4H,1-2H2. The molecule has 2 aliphatic rings. The highest BCUT2D eigenvalue weighted by Crippen LogP contribution is 2.48. The van der Waals surface area contributed by atoms with Crippen LogP contribution in [0.4, 0.5) is 0 Å². The van der Waals surface area contributed by atoms with Crippen LogP contribution in [0.3, 0.4) is 0 Å². The Morgan fingerprint density at radius 1 is 0.941 bits per heavy atom. The van der Waals surface area contributed by atoms with E-state index in [1.165, 1.54) is 0 Å². The van der Waals surface area contributed by atoms with Gasteiger partial charge in [-0.1, -0.05) is 12.2 Å². The van der Waals surface area contributed by atoms with Crippen molar-refractivity contribution in [2.45, 2.75) is 6.42 Å². The number of rotatable bonds is 3. The van der Waals surface area contributed by atoms with E-state index in [4.69, 9.17) is 20.4 Å². The molecule has 0 heterocycles. The number of aliphatic carboxylic acids is 2. The van der Waals surface area contributed by atoms with E-state index in [0.717, 1.165) is 0 Å². The van der Waals surface area contributed by atoms with Gasteiger partial charge in [0.05, 0.1) is 25.0 Å². The Bertz CT molecular complexity index is 294. The van der Waals surface area contributed by atoms with Crippen LogP contribution in [0.1, 0.15) is 6.42 Å². The first kappa shape index (κ1) is 13.7. The maximum atomic E-state index is 10.8.